The Bertz CT molecular complexity index is 1400. The van der Waals surface area contributed by atoms with Crippen LogP contribution in [0, 0.1) is 0 Å². The largest absolute Gasteiger partial charge is 0.465 e. The van der Waals surface area contributed by atoms with Crippen molar-refractivity contribution < 1.29 is 24.2 Å². The van der Waals surface area contributed by atoms with Crippen molar-refractivity contribution >= 4 is 22.8 Å². The molecule has 6 nitrogen and oxygen atoms in total. The molecule has 0 radical (unpaired) electrons. The van der Waals surface area contributed by atoms with E-state index in [0.717, 1.165) is 29.4 Å². The molecule has 0 spiro atoms. The summed E-state index contributed by atoms with van der Waals surface area (Å²) >= 11 is 0. The molecule has 1 N–H and O–H groups in total. The van der Waals surface area contributed by atoms with Gasteiger partial charge in [0.05, 0.1) is 31.4 Å². The predicted octanol–water partition coefficient (Wildman–Crippen LogP) is 6.68. The molecule has 1 heterocycles. The Balaban J connectivity index is 1.18. The van der Waals surface area contributed by atoms with Crippen molar-refractivity contribution in [3.63, 3.8) is 0 Å². The second kappa shape index (κ2) is 12.6. The van der Waals surface area contributed by atoms with Crippen LogP contribution in [0.15, 0.2) is 97.1 Å². The third-order valence-corrected chi connectivity index (χ3v) is 7.37. The molecule has 1 aliphatic heterocycles. The van der Waals surface area contributed by atoms with Gasteiger partial charge < -0.3 is 19.5 Å². The van der Waals surface area contributed by atoms with Crippen LogP contribution in [0.1, 0.15) is 45.8 Å². The Morgan fingerprint density at radius 2 is 1.56 bits per heavy atom. The van der Waals surface area contributed by atoms with Crippen molar-refractivity contribution in [2.75, 3.05) is 19.7 Å². The normalized spacial score (nSPS) is 17.2. The molecule has 0 bridgehead atoms. The van der Waals surface area contributed by atoms with Gasteiger partial charge in [-0.2, -0.15) is 0 Å². The molecule has 1 fully saturated rings. The monoisotopic (exact) mass is 523 g/mol. The zero-order valence-electron chi connectivity index (χ0n) is 21.9. The summed E-state index contributed by atoms with van der Waals surface area (Å²) in [4.78, 5) is 25.2. The lowest BCUT2D eigenvalue weighted by Crippen LogP contribution is -2.46. The van der Waals surface area contributed by atoms with Crippen LogP contribution in [0.25, 0.3) is 10.8 Å². The van der Waals surface area contributed by atoms with E-state index in [1.807, 2.05) is 30.3 Å². The molecule has 5 rings (SSSR count). The second-order valence-electron chi connectivity index (χ2n) is 10.0. The molecular weight excluding hydrogens is 490 g/mol. The fraction of sp³-hybridized carbons (Fsp3) is 0.273. The lowest BCUT2D eigenvalue weighted by molar-refractivity contribution is -0.0199. The SMILES string of the molecule is O=C(OCCCc1ccc(C2CCN(C(=O)O)CC2OCc2ccc3ccccc3c2)cc1)c1ccccc1. The van der Waals surface area contributed by atoms with Crippen molar-refractivity contribution in [3.05, 3.63) is 119 Å². The second-order valence-corrected chi connectivity index (χ2v) is 10.0. The minimum Gasteiger partial charge on any atom is -0.465 e. The number of piperidine rings is 1. The molecule has 1 saturated heterocycles. The smallest absolute Gasteiger partial charge is 0.407 e. The van der Waals surface area contributed by atoms with Gasteiger partial charge >= 0.3 is 12.1 Å². The predicted molar refractivity (Wildman–Crippen MR) is 151 cm³/mol. The van der Waals surface area contributed by atoms with Crippen LogP contribution in [-0.2, 0) is 22.5 Å². The molecule has 39 heavy (non-hydrogen) atoms. The third kappa shape index (κ3) is 6.84. The van der Waals surface area contributed by atoms with Crippen molar-refractivity contribution in [1.82, 2.24) is 4.90 Å². The summed E-state index contributed by atoms with van der Waals surface area (Å²) in [6.45, 7) is 1.64. The van der Waals surface area contributed by atoms with Gasteiger partial charge in [-0.3, -0.25) is 0 Å². The number of hydrogen-bond acceptors (Lipinski definition) is 4. The molecule has 4 aromatic rings. The molecule has 1 amide bonds. The quantitative estimate of drug-likeness (QED) is 0.196. The molecule has 0 aromatic heterocycles. The number of fused-ring (bicyclic) bond motifs is 1. The van der Waals surface area contributed by atoms with E-state index in [9.17, 15) is 14.7 Å². The van der Waals surface area contributed by atoms with Crippen LogP contribution in [0.5, 0.6) is 0 Å². The number of rotatable bonds is 9. The van der Waals surface area contributed by atoms with E-state index in [1.165, 1.54) is 15.8 Å². The number of hydrogen-bond donors (Lipinski definition) is 1. The number of amides is 1. The molecule has 2 unspecified atom stereocenters. The zero-order chi connectivity index (χ0) is 27.0. The van der Waals surface area contributed by atoms with Gasteiger partial charge in [0.1, 0.15) is 0 Å². The summed E-state index contributed by atoms with van der Waals surface area (Å²) in [6.07, 6.45) is 1.12. The Hall–Kier alpha value is -4.16. The number of carbonyl (C=O) groups is 2. The maximum absolute atomic E-state index is 12.1. The van der Waals surface area contributed by atoms with E-state index in [1.54, 1.807) is 12.1 Å². The Morgan fingerprint density at radius 3 is 2.33 bits per heavy atom. The number of benzene rings is 4. The van der Waals surface area contributed by atoms with E-state index < -0.39 is 6.09 Å². The summed E-state index contributed by atoms with van der Waals surface area (Å²) in [5.74, 6) is -0.185. The maximum atomic E-state index is 12.1. The fourth-order valence-electron chi connectivity index (χ4n) is 5.20. The Morgan fingerprint density at radius 1 is 0.846 bits per heavy atom. The molecule has 200 valence electrons. The number of nitrogens with zero attached hydrogens (tertiary/aromatic N) is 1. The van der Waals surface area contributed by atoms with Gasteiger partial charge in [0.15, 0.2) is 0 Å². The minimum atomic E-state index is -0.906. The van der Waals surface area contributed by atoms with Crippen molar-refractivity contribution in [2.45, 2.75) is 37.9 Å². The van der Waals surface area contributed by atoms with E-state index in [2.05, 4.69) is 54.6 Å². The number of carboxylic acid groups (broad SMARTS) is 1. The molecule has 2 atom stereocenters. The summed E-state index contributed by atoms with van der Waals surface area (Å²) in [6, 6.07) is 32.0. The first kappa shape index (κ1) is 26.4. The van der Waals surface area contributed by atoms with Crippen LogP contribution < -0.4 is 0 Å². The molecule has 6 heteroatoms. The van der Waals surface area contributed by atoms with Crippen molar-refractivity contribution in [1.29, 1.82) is 0 Å². The molecular formula is C33H33NO5. The fourth-order valence-corrected chi connectivity index (χ4v) is 5.20. The van der Waals surface area contributed by atoms with Gasteiger partial charge in [0.25, 0.3) is 0 Å². The maximum Gasteiger partial charge on any atom is 0.407 e. The Kier molecular flexibility index (Phi) is 8.54. The minimum absolute atomic E-state index is 0.113. The van der Waals surface area contributed by atoms with E-state index in [4.69, 9.17) is 9.47 Å². The summed E-state index contributed by atoms with van der Waals surface area (Å²) < 4.78 is 11.8. The van der Waals surface area contributed by atoms with Gasteiger partial charge in [-0.1, -0.05) is 78.9 Å². The first-order chi connectivity index (χ1) is 19.1. The molecule has 0 saturated carbocycles. The standard InChI is InChI=1S/C33H33NO5/c35-32(28-9-2-1-3-10-28)38-20-6-7-24-12-16-27(17-13-24)30-18-19-34(33(36)37)22-31(30)39-23-25-14-15-26-8-4-5-11-29(26)21-25/h1-5,8-17,21,30-31H,6-7,18-20,22-23H2,(H,36,37). The lowest BCUT2D eigenvalue weighted by atomic mass is 9.86. The number of carbonyl (C=O) groups excluding carboxylic acids is 1. The van der Waals surface area contributed by atoms with Crippen LogP contribution in [-0.4, -0.2) is 47.9 Å². The number of esters is 1. The van der Waals surface area contributed by atoms with E-state index in [0.29, 0.717) is 38.3 Å². The first-order valence-corrected chi connectivity index (χ1v) is 13.4. The topological polar surface area (TPSA) is 76.1 Å². The van der Waals surface area contributed by atoms with Gasteiger partial charge in [0.2, 0.25) is 0 Å². The number of aryl methyl sites for hydroxylation is 1. The molecule has 1 aliphatic rings. The Labute approximate surface area is 228 Å². The zero-order valence-corrected chi connectivity index (χ0v) is 21.9. The number of likely N-dealkylation sites (tertiary alicyclic amines) is 1. The number of ether oxygens (including phenoxy) is 2. The lowest BCUT2D eigenvalue weighted by Gasteiger charge is -2.37. The van der Waals surface area contributed by atoms with E-state index >= 15 is 0 Å². The highest BCUT2D eigenvalue weighted by Gasteiger charge is 2.33. The van der Waals surface area contributed by atoms with Gasteiger partial charge in [-0.15, -0.1) is 0 Å². The average molecular weight is 524 g/mol. The van der Waals surface area contributed by atoms with Crippen molar-refractivity contribution in [2.24, 2.45) is 0 Å². The first-order valence-electron chi connectivity index (χ1n) is 13.4. The van der Waals surface area contributed by atoms with Gasteiger partial charge in [-0.25, -0.2) is 9.59 Å². The van der Waals surface area contributed by atoms with E-state index in [-0.39, 0.29) is 18.0 Å². The summed E-state index contributed by atoms with van der Waals surface area (Å²) in [7, 11) is 0. The third-order valence-electron chi connectivity index (χ3n) is 7.37. The van der Waals surface area contributed by atoms with Crippen molar-refractivity contribution in [3.8, 4) is 0 Å². The van der Waals surface area contributed by atoms with Gasteiger partial charge in [0, 0.05) is 12.5 Å². The highest BCUT2D eigenvalue weighted by Crippen LogP contribution is 2.32. The van der Waals surface area contributed by atoms with Crippen LogP contribution in [0.2, 0.25) is 0 Å². The van der Waals surface area contributed by atoms with Gasteiger partial charge in [-0.05, 0) is 64.9 Å². The highest BCUT2D eigenvalue weighted by molar-refractivity contribution is 5.89. The molecule has 0 aliphatic carbocycles. The summed E-state index contributed by atoms with van der Waals surface area (Å²) in [5.41, 5.74) is 3.96. The van der Waals surface area contributed by atoms with Crippen LogP contribution >= 0.6 is 0 Å². The average Bonchev–Trinajstić information content (AvgIpc) is 2.98. The highest BCUT2D eigenvalue weighted by atomic mass is 16.5. The summed E-state index contributed by atoms with van der Waals surface area (Å²) in [5, 5.41) is 11.9. The van der Waals surface area contributed by atoms with Crippen LogP contribution in [0.4, 0.5) is 4.79 Å². The molecule has 4 aromatic carbocycles. The van der Waals surface area contributed by atoms with Crippen LogP contribution in [0.3, 0.4) is 0 Å².